The van der Waals surface area contributed by atoms with Gasteiger partial charge in [-0.2, -0.15) is 0 Å². The number of amides is 1. The molecular formula is C24H21N3O2S. The van der Waals surface area contributed by atoms with Crippen molar-refractivity contribution in [1.29, 1.82) is 0 Å². The molecule has 2 aromatic carbocycles. The van der Waals surface area contributed by atoms with Crippen molar-refractivity contribution in [3.8, 4) is 11.5 Å². The third-order valence-corrected chi connectivity index (χ3v) is 6.01. The van der Waals surface area contributed by atoms with Crippen LogP contribution >= 0.6 is 11.8 Å². The first-order chi connectivity index (χ1) is 14.7. The molecule has 0 bridgehead atoms. The maximum atomic E-state index is 12.7. The van der Waals surface area contributed by atoms with Gasteiger partial charge in [0.15, 0.2) is 0 Å². The van der Waals surface area contributed by atoms with E-state index in [4.69, 9.17) is 9.40 Å². The summed E-state index contributed by atoms with van der Waals surface area (Å²) in [6, 6.07) is 18.1. The van der Waals surface area contributed by atoms with Crippen LogP contribution in [-0.4, -0.2) is 21.9 Å². The van der Waals surface area contributed by atoms with Gasteiger partial charge in [-0.1, -0.05) is 47.7 Å². The Labute approximate surface area is 178 Å². The standard InChI is InChI=1S/C24H21N3O2S/c1-15-6-8-16(9-7-15)24-26-18(13-29-24)14-30-22-12-20(23(28)25-17-10-11-17)19-4-2-3-5-21(19)27-22/h2-9,12-13,17H,10-11,14H2,1H3,(H,25,28). The summed E-state index contributed by atoms with van der Waals surface area (Å²) in [4.78, 5) is 22.1. The molecule has 2 aromatic heterocycles. The van der Waals surface area contributed by atoms with E-state index in [1.165, 1.54) is 5.56 Å². The van der Waals surface area contributed by atoms with Crippen LogP contribution in [0.2, 0.25) is 0 Å². The Kier molecular flexibility index (Phi) is 5.01. The summed E-state index contributed by atoms with van der Waals surface area (Å²) in [5.74, 6) is 1.20. The number of nitrogens with zero attached hydrogens (tertiary/aromatic N) is 2. The number of rotatable bonds is 6. The second-order valence-corrected chi connectivity index (χ2v) is 8.57. The fraction of sp³-hybridized carbons (Fsp3) is 0.208. The molecular weight excluding hydrogens is 394 g/mol. The highest BCUT2D eigenvalue weighted by atomic mass is 32.2. The first-order valence-electron chi connectivity index (χ1n) is 10.0. The summed E-state index contributed by atoms with van der Waals surface area (Å²) >= 11 is 1.55. The lowest BCUT2D eigenvalue weighted by Gasteiger charge is -2.09. The van der Waals surface area contributed by atoms with Gasteiger partial charge in [0.05, 0.1) is 21.8 Å². The van der Waals surface area contributed by atoms with E-state index in [9.17, 15) is 4.79 Å². The molecule has 5 rings (SSSR count). The van der Waals surface area contributed by atoms with Crippen molar-refractivity contribution in [1.82, 2.24) is 15.3 Å². The maximum absolute atomic E-state index is 12.7. The van der Waals surface area contributed by atoms with Crippen molar-refractivity contribution in [3.05, 3.63) is 77.7 Å². The van der Waals surface area contributed by atoms with E-state index in [1.807, 2.05) is 54.6 Å². The molecule has 150 valence electrons. The molecule has 1 saturated carbocycles. The minimum atomic E-state index is -0.0268. The lowest BCUT2D eigenvalue weighted by molar-refractivity contribution is 0.0952. The fourth-order valence-electron chi connectivity index (χ4n) is 3.25. The number of carbonyl (C=O) groups excluding carboxylic acids is 1. The van der Waals surface area contributed by atoms with Crippen molar-refractivity contribution >= 4 is 28.6 Å². The third kappa shape index (κ3) is 4.09. The first-order valence-corrected chi connectivity index (χ1v) is 11.0. The van der Waals surface area contributed by atoms with Crippen molar-refractivity contribution in [3.63, 3.8) is 0 Å². The highest BCUT2D eigenvalue weighted by molar-refractivity contribution is 7.98. The van der Waals surface area contributed by atoms with Gasteiger partial charge in [0.1, 0.15) is 6.26 Å². The average Bonchev–Trinajstić information content (AvgIpc) is 3.45. The number of benzene rings is 2. The molecule has 30 heavy (non-hydrogen) atoms. The number of hydrogen-bond acceptors (Lipinski definition) is 5. The second-order valence-electron chi connectivity index (χ2n) is 7.57. The quantitative estimate of drug-likeness (QED) is 0.428. The van der Waals surface area contributed by atoms with Crippen LogP contribution in [0.15, 0.2) is 70.3 Å². The third-order valence-electron chi connectivity index (χ3n) is 5.07. The molecule has 0 spiro atoms. The molecule has 1 aliphatic rings. The molecule has 5 nitrogen and oxygen atoms in total. The van der Waals surface area contributed by atoms with Crippen molar-refractivity contribution < 1.29 is 9.21 Å². The molecule has 0 atom stereocenters. The van der Waals surface area contributed by atoms with Crippen LogP contribution in [0.25, 0.3) is 22.4 Å². The normalized spacial score (nSPS) is 13.5. The number of thioether (sulfide) groups is 1. The molecule has 1 N–H and O–H groups in total. The van der Waals surface area contributed by atoms with E-state index in [1.54, 1.807) is 18.0 Å². The highest BCUT2D eigenvalue weighted by Crippen LogP contribution is 2.28. The second kappa shape index (κ2) is 7.95. The Bertz CT molecular complexity index is 1210. The maximum Gasteiger partial charge on any atom is 0.252 e. The molecule has 1 aliphatic carbocycles. The zero-order valence-electron chi connectivity index (χ0n) is 16.6. The Morgan fingerprint density at radius 1 is 1.13 bits per heavy atom. The van der Waals surface area contributed by atoms with Gasteiger partial charge in [0.2, 0.25) is 5.89 Å². The summed E-state index contributed by atoms with van der Waals surface area (Å²) in [6.07, 6.45) is 3.81. The smallest absolute Gasteiger partial charge is 0.252 e. The van der Waals surface area contributed by atoms with Crippen LogP contribution in [0.3, 0.4) is 0 Å². The van der Waals surface area contributed by atoms with E-state index in [0.29, 0.717) is 23.2 Å². The molecule has 1 amide bonds. The predicted octanol–water partition coefficient (Wildman–Crippen LogP) is 5.38. The lowest BCUT2D eigenvalue weighted by Crippen LogP contribution is -2.25. The molecule has 0 saturated heterocycles. The zero-order valence-corrected chi connectivity index (χ0v) is 17.4. The Balaban J connectivity index is 1.36. The Morgan fingerprint density at radius 3 is 2.73 bits per heavy atom. The first kappa shape index (κ1) is 18.9. The van der Waals surface area contributed by atoms with Crippen LogP contribution in [0.4, 0.5) is 0 Å². The van der Waals surface area contributed by atoms with Crippen LogP contribution in [0.1, 0.15) is 34.5 Å². The minimum Gasteiger partial charge on any atom is -0.444 e. The fourth-order valence-corrected chi connectivity index (χ4v) is 4.05. The van der Waals surface area contributed by atoms with Crippen LogP contribution in [0, 0.1) is 6.92 Å². The molecule has 0 radical (unpaired) electrons. The van der Waals surface area contributed by atoms with E-state index in [-0.39, 0.29) is 5.91 Å². The van der Waals surface area contributed by atoms with Gasteiger partial charge < -0.3 is 9.73 Å². The number of fused-ring (bicyclic) bond motifs is 1. The van der Waals surface area contributed by atoms with Crippen molar-refractivity contribution in [2.24, 2.45) is 0 Å². The van der Waals surface area contributed by atoms with Gasteiger partial charge >= 0.3 is 0 Å². The molecule has 4 aromatic rings. The number of aryl methyl sites for hydroxylation is 1. The van der Waals surface area contributed by atoms with Crippen LogP contribution in [0.5, 0.6) is 0 Å². The number of pyridine rings is 1. The summed E-state index contributed by atoms with van der Waals surface area (Å²) in [5, 5.41) is 4.76. The number of aromatic nitrogens is 2. The molecule has 0 aliphatic heterocycles. The van der Waals surface area contributed by atoms with Gasteiger partial charge in [-0.05, 0) is 44.0 Å². The predicted molar refractivity (Wildman–Crippen MR) is 118 cm³/mol. The zero-order chi connectivity index (χ0) is 20.5. The van der Waals surface area contributed by atoms with Crippen LogP contribution in [-0.2, 0) is 5.75 Å². The summed E-state index contributed by atoms with van der Waals surface area (Å²) in [6.45, 7) is 2.05. The van der Waals surface area contributed by atoms with E-state index in [0.717, 1.165) is 40.0 Å². The largest absolute Gasteiger partial charge is 0.444 e. The summed E-state index contributed by atoms with van der Waals surface area (Å²) < 4.78 is 5.65. The van der Waals surface area contributed by atoms with E-state index in [2.05, 4.69) is 17.2 Å². The Hall–Kier alpha value is -3.12. The van der Waals surface area contributed by atoms with Gasteiger partial charge in [0, 0.05) is 22.7 Å². The molecule has 6 heteroatoms. The lowest BCUT2D eigenvalue weighted by atomic mass is 10.1. The Morgan fingerprint density at radius 2 is 1.93 bits per heavy atom. The average molecular weight is 416 g/mol. The summed E-state index contributed by atoms with van der Waals surface area (Å²) in [7, 11) is 0. The van der Waals surface area contributed by atoms with Gasteiger partial charge in [-0.3, -0.25) is 4.79 Å². The number of nitrogens with one attached hydrogen (secondary N) is 1. The van der Waals surface area contributed by atoms with Crippen molar-refractivity contribution in [2.45, 2.75) is 36.6 Å². The molecule has 0 unspecified atom stereocenters. The molecule has 1 fully saturated rings. The molecule has 2 heterocycles. The van der Waals surface area contributed by atoms with E-state index >= 15 is 0 Å². The van der Waals surface area contributed by atoms with Gasteiger partial charge in [0.25, 0.3) is 5.91 Å². The number of carbonyl (C=O) groups is 1. The minimum absolute atomic E-state index is 0.0268. The number of hydrogen-bond donors (Lipinski definition) is 1. The van der Waals surface area contributed by atoms with Crippen LogP contribution < -0.4 is 5.32 Å². The number of para-hydroxylation sites is 1. The van der Waals surface area contributed by atoms with Crippen molar-refractivity contribution in [2.75, 3.05) is 0 Å². The van der Waals surface area contributed by atoms with E-state index < -0.39 is 0 Å². The SMILES string of the molecule is Cc1ccc(-c2nc(CSc3cc(C(=O)NC4CC4)c4ccccc4n3)co2)cc1. The number of oxazole rings is 1. The highest BCUT2D eigenvalue weighted by Gasteiger charge is 2.25. The monoisotopic (exact) mass is 415 g/mol. The summed E-state index contributed by atoms with van der Waals surface area (Å²) in [5.41, 5.74) is 4.50. The van der Waals surface area contributed by atoms with Gasteiger partial charge in [-0.25, -0.2) is 9.97 Å². The van der Waals surface area contributed by atoms with Gasteiger partial charge in [-0.15, -0.1) is 0 Å². The topological polar surface area (TPSA) is 68.0 Å².